The smallest absolute Gasteiger partial charge is 0.269 e. The summed E-state index contributed by atoms with van der Waals surface area (Å²) in [6, 6.07) is 24.6. The van der Waals surface area contributed by atoms with Crippen LogP contribution in [0.1, 0.15) is 21.5 Å². The molecule has 0 atom stereocenters. The van der Waals surface area contributed by atoms with Gasteiger partial charge in [0.25, 0.3) is 5.91 Å². The molecule has 1 heterocycles. The van der Waals surface area contributed by atoms with Crippen molar-refractivity contribution in [1.29, 1.82) is 0 Å². The van der Waals surface area contributed by atoms with E-state index in [1.165, 1.54) is 17.3 Å². The van der Waals surface area contributed by atoms with Crippen molar-refractivity contribution >= 4 is 23.6 Å². The molecule has 0 aliphatic heterocycles. The molecule has 3 aromatic carbocycles. The second kappa shape index (κ2) is 10.1. The quantitative estimate of drug-likeness (QED) is 0.336. The molecular weight excluding hydrogens is 434 g/mol. The highest BCUT2D eigenvalue weighted by Gasteiger charge is 2.18. The summed E-state index contributed by atoms with van der Waals surface area (Å²) in [7, 11) is 0. The molecule has 7 nitrogen and oxygen atoms in total. The first kappa shape index (κ1) is 22.3. The number of hydrogen-bond donors (Lipinski definition) is 2. The topological polar surface area (TPSA) is 88.9 Å². The molecule has 0 fully saturated rings. The number of aromatic nitrogens is 3. The molecular formula is C25H23N5O2S. The lowest BCUT2D eigenvalue weighted by molar-refractivity contribution is -0.119. The highest BCUT2D eigenvalue weighted by molar-refractivity contribution is 7.99. The number of nitrogens with zero attached hydrogens (tertiary/aromatic N) is 3. The monoisotopic (exact) mass is 457 g/mol. The van der Waals surface area contributed by atoms with Gasteiger partial charge in [-0.25, -0.2) is 0 Å². The van der Waals surface area contributed by atoms with Crippen LogP contribution in [0.2, 0.25) is 0 Å². The van der Waals surface area contributed by atoms with Gasteiger partial charge in [-0.1, -0.05) is 66.4 Å². The number of hydrogen-bond acceptors (Lipinski definition) is 5. The molecule has 33 heavy (non-hydrogen) atoms. The zero-order valence-electron chi connectivity index (χ0n) is 18.3. The average molecular weight is 458 g/mol. The molecule has 0 saturated carbocycles. The van der Waals surface area contributed by atoms with Gasteiger partial charge in [-0.15, -0.1) is 10.2 Å². The van der Waals surface area contributed by atoms with Crippen LogP contribution in [0.25, 0.3) is 17.1 Å². The van der Waals surface area contributed by atoms with Crippen LogP contribution in [-0.2, 0) is 4.79 Å². The highest BCUT2D eigenvalue weighted by atomic mass is 32.2. The Morgan fingerprint density at radius 2 is 1.55 bits per heavy atom. The van der Waals surface area contributed by atoms with E-state index in [2.05, 4.69) is 47.0 Å². The van der Waals surface area contributed by atoms with Crippen molar-refractivity contribution in [3.63, 3.8) is 0 Å². The third-order valence-corrected chi connectivity index (χ3v) is 6.03. The third kappa shape index (κ3) is 5.30. The number of hydrazine groups is 1. The van der Waals surface area contributed by atoms with Crippen LogP contribution in [0, 0.1) is 13.8 Å². The van der Waals surface area contributed by atoms with Gasteiger partial charge in [0.2, 0.25) is 5.91 Å². The second-order valence-electron chi connectivity index (χ2n) is 7.43. The Hall–Kier alpha value is -3.91. The van der Waals surface area contributed by atoms with E-state index < -0.39 is 0 Å². The van der Waals surface area contributed by atoms with Crippen molar-refractivity contribution in [2.45, 2.75) is 19.0 Å². The predicted octanol–water partition coefficient (Wildman–Crippen LogP) is 4.10. The molecule has 166 valence electrons. The second-order valence-corrected chi connectivity index (χ2v) is 8.38. The maximum Gasteiger partial charge on any atom is 0.269 e. The predicted molar refractivity (Wildman–Crippen MR) is 129 cm³/mol. The fourth-order valence-electron chi connectivity index (χ4n) is 3.19. The summed E-state index contributed by atoms with van der Waals surface area (Å²) in [5.74, 6) is 0.0326. The van der Waals surface area contributed by atoms with Crippen LogP contribution in [0.4, 0.5) is 0 Å². The Morgan fingerprint density at radius 3 is 2.24 bits per heavy atom. The van der Waals surface area contributed by atoms with Crippen molar-refractivity contribution in [2.75, 3.05) is 5.75 Å². The molecule has 8 heteroatoms. The van der Waals surface area contributed by atoms with Crippen LogP contribution in [-0.4, -0.2) is 32.3 Å². The van der Waals surface area contributed by atoms with E-state index in [0.717, 1.165) is 16.8 Å². The SMILES string of the molecule is Cc1ccc(-n2c(SCC(=O)NNC(=O)c3ccccc3)nnc2-c2ccccc2)cc1C. The molecule has 0 aliphatic rings. The van der Waals surface area contributed by atoms with Crippen LogP contribution < -0.4 is 10.9 Å². The van der Waals surface area contributed by atoms with Gasteiger partial charge in [-0.2, -0.15) is 0 Å². The number of carbonyl (C=O) groups is 2. The molecule has 0 saturated heterocycles. The Labute approximate surface area is 196 Å². The zero-order chi connectivity index (χ0) is 23.2. The van der Waals surface area contributed by atoms with Crippen LogP contribution in [0.5, 0.6) is 0 Å². The summed E-state index contributed by atoms with van der Waals surface area (Å²) in [6.45, 7) is 4.12. The van der Waals surface area contributed by atoms with Crippen molar-refractivity contribution < 1.29 is 9.59 Å². The van der Waals surface area contributed by atoms with E-state index in [9.17, 15) is 9.59 Å². The molecule has 0 spiro atoms. The minimum atomic E-state index is -0.376. The third-order valence-electron chi connectivity index (χ3n) is 5.10. The summed E-state index contributed by atoms with van der Waals surface area (Å²) in [5, 5.41) is 9.33. The van der Waals surface area contributed by atoms with E-state index in [1.807, 2.05) is 47.0 Å². The van der Waals surface area contributed by atoms with Crippen molar-refractivity contribution in [3.05, 3.63) is 95.6 Å². The number of nitrogens with one attached hydrogen (secondary N) is 2. The maximum absolute atomic E-state index is 12.4. The summed E-state index contributed by atoms with van der Waals surface area (Å²) >= 11 is 1.25. The van der Waals surface area contributed by atoms with Crippen LogP contribution in [0.3, 0.4) is 0 Å². The molecule has 4 rings (SSSR count). The van der Waals surface area contributed by atoms with Gasteiger partial charge in [-0.3, -0.25) is 25.0 Å². The minimum Gasteiger partial charge on any atom is -0.272 e. The average Bonchev–Trinajstić information content (AvgIpc) is 3.28. The molecule has 2 amide bonds. The first-order valence-corrected chi connectivity index (χ1v) is 11.4. The van der Waals surface area contributed by atoms with Gasteiger partial charge in [0.05, 0.1) is 11.4 Å². The maximum atomic E-state index is 12.4. The molecule has 0 unspecified atom stereocenters. The van der Waals surface area contributed by atoms with Crippen molar-refractivity contribution in [2.24, 2.45) is 0 Å². The molecule has 0 radical (unpaired) electrons. The standard InChI is InChI=1S/C25H23N5O2S/c1-17-13-14-21(15-18(17)2)30-23(19-9-5-3-6-10-19)27-29-25(30)33-16-22(31)26-28-24(32)20-11-7-4-8-12-20/h3-15H,16H2,1-2H3,(H,26,31)(H,28,32). The number of aryl methyl sites for hydroxylation is 2. The van der Waals surface area contributed by atoms with Crippen LogP contribution >= 0.6 is 11.8 Å². The van der Waals surface area contributed by atoms with E-state index in [4.69, 9.17) is 0 Å². The van der Waals surface area contributed by atoms with Gasteiger partial charge >= 0.3 is 0 Å². The molecule has 4 aromatic rings. The molecule has 2 N–H and O–H groups in total. The van der Waals surface area contributed by atoms with Gasteiger partial charge in [-0.05, 0) is 49.2 Å². The lowest BCUT2D eigenvalue weighted by Crippen LogP contribution is -2.42. The van der Waals surface area contributed by atoms with Crippen molar-refractivity contribution in [3.8, 4) is 17.1 Å². The van der Waals surface area contributed by atoms with Gasteiger partial charge in [0.15, 0.2) is 11.0 Å². The highest BCUT2D eigenvalue weighted by Crippen LogP contribution is 2.28. The van der Waals surface area contributed by atoms with E-state index in [0.29, 0.717) is 16.5 Å². The summed E-state index contributed by atoms with van der Waals surface area (Å²) < 4.78 is 1.95. The van der Waals surface area contributed by atoms with E-state index in [1.54, 1.807) is 24.3 Å². The number of carbonyl (C=O) groups excluding carboxylic acids is 2. The lowest BCUT2D eigenvalue weighted by Gasteiger charge is -2.12. The lowest BCUT2D eigenvalue weighted by atomic mass is 10.1. The molecule has 1 aromatic heterocycles. The van der Waals surface area contributed by atoms with Gasteiger partial charge in [0, 0.05) is 11.1 Å². The number of amides is 2. The van der Waals surface area contributed by atoms with Crippen LogP contribution in [0.15, 0.2) is 84.0 Å². The summed E-state index contributed by atoms with van der Waals surface area (Å²) in [5.41, 5.74) is 9.53. The van der Waals surface area contributed by atoms with E-state index >= 15 is 0 Å². The number of thioether (sulfide) groups is 1. The molecule has 0 bridgehead atoms. The zero-order valence-corrected chi connectivity index (χ0v) is 19.1. The van der Waals surface area contributed by atoms with Gasteiger partial charge in [0.1, 0.15) is 0 Å². The fraction of sp³-hybridized carbons (Fsp3) is 0.120. The van der Waals surface area contributed by atoms with Gasteiger partial charge < -0.3 is 0 Å². The number of rotatable bonds is 6. The summed E-state index contributed by atoms with van der Waals surface area (Å²) in [6.07, 6.45) is 0. The Kier molecular flexibility index (Phi) is 6.85. The fourth-order valence-corrected chi connectivity index (χ4v) is 3.94. The number of benzene rings is 3. The first-order chi connectivity index (χ1) is 16.0. The Bertz CT molecular complexity index is 1270. The van der Waals surface area contributed by atoms with E-state index in [-0.39, 0.29) is 17.6 Å². The first-order valence-electron chi connectivity index (χ1n) is 10.4. The molecule has 0 aliphatic carbocycles. The largest absolute Gasteiger partial charge is 0.272 e. The Balaban J connectivity index is 1.51. The van der Waals surface area contributed by atoms with Crippen molar-refractivity contribution in [1.82, 2.24) is 25.6 Å². The minimum absolute atomic E-state index is 0.0623. The Morgan fingerprint density at radius 1 is 0.848 bits per heavy atom. The summed E-state index contributed by atoms with van der Waals surface area (Å²) in [4.78, 5) is 24.5. The normalized spacial score (nSPS) is 10.6.